The smallest absolute Gasteiger partial charge is 0.294 e. The Bertz CT molecular complexity index is 1750. The van der Waals surface area contributed by atoms with Gasteiger partial charge in [-0.3, -0.25) is 4.55 Å². The first-order valence-corrected chi connectivity index (χ1v) is 13.7. The van der Waals surface area contributed by atoms with E-state index in [9.17, 15) is 18.1 Å². The van der Waals surface area contributed by atoms with Crippen molar-refractivity contribution in [2.75, 3.05) is 0 Å². The maximum absolute atomic E-state index is 11.7. The number of benzene rings is 4. The Morgan fingerprint density at radius 2 is 1.50 bits per heavy atom. The van der Waals surface area contributed by atoms with Gasteiger partial charge in [0.2, 0.25) is 0 Å². The summed E-state index contributed by atoms with van der Waals surface area (Å²) in [6.07, 6.45) is 1.29. The van der Waals surface area contributed by atoms with Gasteiger partial charge in [-0.15, -0.1) is 0 Å². The zero-order chi connectivity index (χ0) is 26.7. The van der Waals surface area contributed by atoms with E-state index >= 15 is 0 Å². The molecule has 5 aromatic rings. The van der Waals surface area contributed by atoms with E-state index in [4.69, 9.17) is 0 Å². The number of aliphatic hydroxyl groups excluding tert-OH is 1. The van der Waals surface area contributed by atoms with Crippen LogP contribution in [-0.2, 0) is 16.5 Å². The van der Waals surface area contributed by atoms with Crippen molar-refractivity contribution in [3.63, 3.8) is 0 Å². The number of aromatic nitrogens is 1. The number of hydrogen-bond donors (Lipinski definition) is 2. The van der Waals surface area contributed by atoms with Gasteiger partial charge in [-0.1, -0.05) is 66.4 Å². The van der Waals surface area contributed by atoms with Gasteiger partial charge in [-0.25, -0.2) is 0 Å². The standard InChI is InChI=1S/C32H27NO4S/c1-23-12-16-29(38(35,36)37)21-28(23)22-31(34)32(26-10-6-3-7-11-26)33-19-18-27-20-25(15-17-30(27)33)14-13-24-8-4-2-5-9-24/h2-12,15-21,31-32,34H,22H2,1H3,(H,35,36,37)/t31-,32-/m0/s1. The predicted octanol–water partition coefficient (Wildman–Crippen LogP) is 5.79. The number of aryl methyl sites for hydroxylation is 1. The summed E-state index contributed by atoms with van der Waals surface area (Å²) in [4.78, 5) is -0.183. The van der Waals surface area contributed by atoms with E-state index in [1.54, 1.807) is 6.07 Å². The molecule has 1 aromatic heterocycles. The van der Waals surface area contributed by atoms with E-state index < -0.39 is 22.3 Å². The van der Waals surface area contributed by atoms with Gasteiger partial charge < -0.3 is 9.67 Å². The Balaban J connectivity index is 1.52. The summed E-state index contributed by atoms with van der Waals surface area (Å²) in [6.45, 7) is 1.86. The van der Waals surface area contributed by atoms with E-state index in [2.05, 4.69) is 11.8 Å². The fourth-order valence-corrected chi connectivity index (χ4v) is 5.26. The minimum atomic E-state index is -4.35. The first kappa shape index (κ1) is 25.5. The third kappa shape index (κ3) is 5.56. The third-order valence-electron chi connectivity index (χ3n) is 6.70. The van der Waals surface area contributed by atoms with Crippen molar-refractivity contribution in [3.8, 4) is 11.8 Å². The molecule has 5 rings (SSSR count). The summed E-state index contributed by atoms with van der Waals surface area (Å²) >= 11 is 0. The Morgan fingerprint density at radius 3 is 2.21 bits per heavy atom. The van der Waals surface area contributed by atoms with Crippen molar-refractivity contribution in [2.24, 2.45) is 0 Å². The molecule has 6 heteroatoms. The van der Waals surface area contributed by atoms with E-state index in [1.165, 1.54) is 12.1 Å². The maximum atomic E-state index is 11.7. The van der Waals surface area contributed by atoms with E-state index in [-0.39, 0.29) is 11.3 Å². The molecule has 2 atom stereocenters. The highest BCUT2D eigenvalue weighted by atomic mass is 32.2. The summed E-state index contributed by atoms with van der Waals surface area (Å²) in [5.74, 6) is 6.41. The molecule has 5 nitrogen and oxygen atoms in total. The lowest BCUT2D eigenvalue weighted by Crippen LogP contribution is -2.27. The van der Waals surface area contributed by atoms with Crippen LogP contribution in [0.5, 0.6) is 0 Å². The maximum Gasteiger partial charge on any atom is 0.294 e. The summed E-state index contributed by atoms with van der Waals surface area (Å²) in [5, 5.41) is 12.6. The summed E-state index contributed by atoms with van der Waals surface area (Å²) < 4.78 is 35.0. The number of aliphatic hydroxyl groups is 1. The zero-order valence-corrected chi connectivity index (χ0v) is 21.6. The number of fused-ring (bicyclic) bond motifs is 1. The quantitative estimate of drug-likeness (QED) is 0.219. The molecule has 0 spiro atoms. The van der Waals surface area contributed by atoms with Crippen molar-refractivity contribution in [1.82, 2.24) is 4.57 Å². The first-order valence-electron chi connectivity index (χ1n) is 12.3. The second kappa shape index (κ2) is 10.7. The molecule has 0 fully saturated rings. The number of hydrogen-bond acceptors (Lipinski definition) is 3. The average molecular weight is 522 g/mol. The molecule has 0 unspecified atom stereocenters. The molecular weight excluding hydrogens is 494 g/mol. The summed E-state index contributed by atoms with van der Waals surface area (Å²) in [6, 6.07) is 31.6. The normalized spacial score (nSPS) is 13.0. The lowest BCUT2D eigenvalue weighted by molar-refractivity contribution is 0.132. The zero-order valence-electron chi connectivity index (χ0n) is 20.8. The van der Waals surface area contributed by atoms with Crippen molar-refractivity contribution >= 4 is 21.0 Å². The van der Waals surface area contributed by atoms with Crippen LogP contribution in [0.3, 0.4) is 0 Å². The molecule has 0 aliphatic rings. The molecule has 1 heterocycles. The molecule has 0 saturated heterocycles. The van der Waals surface area contributed by atoms with Crippen molar-refractivity contribution in [2.45, 2.75) is 30.4 Å². The van der Waals surface area contributed by atoms with Gasteiger partial charge in [-0.2, -0.15) is 8.42 Å². The highest BCUT2D eigenvalue weighted by Crippen LogP contribution is 2.31. The molecule has 190 valence electrons. The van der Waals surface area contributed by atoms with E-state index in [1.807, 2.05) is 103 Å². The van der Waals surface area contributed by atoms with Crippen LogP contribution in [0.1, 0.15) is 33.9 Å². The summed E-state index contributed by atoms with van der Waals surface area (Å²) in [7, 11) is -4.35. The molecular formula is C32H27NO4S. The molecule has 0 amide bonds. The molecule has 0 aliphatic carbocycles. The lowest BCUT2D eigenvalue weighted by atomic mass is 9.94. The first-order chi connectivity index (χ1) is 18.3. The largest absolute Gasteiger partial charge is 0.390 e. The number of nitrogens with zero attached hydrogens (tertiary/aromatic N) is 1. The van der Waals surface area contributed by atoms with Crippen LogP contribution in [0.2, 0.25) is 0 Å². The van der Waals surface area contributed by atoms with Gasteiger partial charge in [0, 0.05) is 34.6 Å². The Morgan fingerprint density at radius 1 is 0.816 bits per heavy atom. The van der Waals surface area contributed by atoms with Crippen LogP contribution in [-0.4, -0.2) is 28.7 Å². The topological polar surface area (TPSA) is 79.5 Å². The van der Waals surface area contributed by atoms with Gasteiger partial charge >= 0.3 is 0 Å². The highest BCUT2D eigenvalue weighted by molar-refractivity contribution is 7.85. The van der Waals surface area contributed by atoms with Crippen molar-refractivity contribution in [3.05, 3.63) is 137 Å². The monoisotopic (exact) mass is 521 g/mol. The van der Waals surface area contributed by atoms with Crippen LogP contribution >= 0.6 is 0 Å². The van der Waals surface area contributed by atoms with Gasteiger partial charge in [0.1, 0.15) is 0 Å². The average Bonchev–Trinajstić information content (AvgIpc) is 3.32. The van der Waals surface area contributed by atoms with Crippen LogP contribution in [0.4, 0.5) is 0 Å². The van der Waals surface area contributed by atoms with Crippen LogP contribution < -0.4 is 0 Å². The van der Waals surface area contributed by atoms with Crippen LogP contribution in [0.15, 0.2) is 114 Å². The molecule has 0 aliphatic heterocycles. The Kier molecular flexibility index (Phi) is 7.17. The van der Waals surface area contributed by atoms with Crippen molar-refractivity contribution in [1.29, 1.82) is 0 Å². The van der Waals surface area contributed by atoms with Gasteiger partial charge in [-0.05, 0) is 72.1 Å². The van der Waals surface area contributed by atoms with Gasteiger partial charge in [0.25, 0.3) is 10.1 Å². The van der Waals surface area contributed by atoms with Crippen LogP contribution in [0, 0.1) is 18.8 Å². The third-order valence-corrected chi connectivity index (χ3v) is 7.55. The second-order valence-electron chi connectivity index (χ2n) is 9.30. The van der Waals surface area contributed by atoms with E-state index in [0.717, 1.165) is 33.2 Å². The SMILES string of the molecule is Cc1ccc(S(=O)(=O)O)cc1C[C@H](O)[C@H](c1ccccc1)n1ccc2cc(C#Cc3ccccc3)ccc21. The fraction of sp³-hybridized carbons (Fsp3) is 0.125. The molecule has 0 radical (unpaired) electrons. The summed E-state index contributed by atoms with van der Waals surface area (Å²) in [5.41, 5.74) is 5.21. The highest BCUT2D eigenvalue weighted by Gasteiger charge is 2.25. The molecule has 0 saturated carbocycles. The van der Waals surface area contributed by atoms with Crippen LogP contribution in [0.25, 0.3) is 10.9 Å². The minimum Gasteiger partial charge on any atom is -0.390 e. The Hall–Kier alpha value is -4.15. The molecule has 4 aromatic carbocycles. The molecule has 0 bridgehead atoms. The number of rotatable bonds is 6. The Labute approximate surface area is 222 Å². The van der Waals surface area contributed by atoms with Gasteiger partial charge in [0.05, 0.1) is 17.0 Å². The van der Waals surface area contributed by atoms with Gasteiger partial charge in [0.15, 0.2) is 0 Å². The lowest BCUT2D eigenvalue weighted by Gasteiger charge is -2.27. The predicted molar refractivity (Wildman–Crippen MR) is 150 cm³/mol. The van der Waals surface area contributed by atoms with Crippen molar-refractivity contribution < 1.29 is 18.1 Å². The van der Waals surface area contributed by atoms with E-state index in [0.29, 0.717) is 5.56 Å². The minimum absolute atomic E-state index is 0.183. The molecule has 2 N–H and O–H groups in total. The molecule has 38 heavy (non-hydrogen) atoms. The second-order valence-corrected chi connectivity index (χ2v) is 10.7. The fourth-order valence-electron chi connectivity index (χ4n) is 4.73.